The van der Waals surface area contributed by atoms with E-state index in [-0.39, 0.29) is 18.6 Å². The number of nitrogens with two attached hydrogens (primary N) is 2. The quantitative estimate of drug-likeness (QED) is 0.825. The highest BCUT2D eigenvalue weighted by Crippen LogP contribution is 2.14. The van der Waals surface area contributed by atoms with E-state index in [1.165, 1.54) is 0 Å². The molecule has 1 aromatic rings. The number of rotatable bonds is 5. The second kappa shape index (κ2) is 7.08. The normalized spacial score (nSPS) is 18.3. The van der Waals surface area contributed by atoms with Crippen molar-refractivity contribution in [1.29, 1.82) is 0 Å². The molecule has 1 fully saturated rings. The number of carbonyl (C=O) groups is 2. The lowest BCUT2D eigenvalue weighted by molar-refractivity contribution is -0.132. The lowest BCUT2D eigenvalue weighted by atomic mass is 10.1. The minimum Gasteiger partial charge on any atom is -0.493 e. The fourth-order valence-corrected chi connectivity index (χ4v) is 2.39. The average Bonchev–Trinajstić information content (AvgIpc) is 2.47. The number of amides is 2. The molecular weight excluding hydrogens is 270 g/mol. The molecule has 1 unspecified atom stereocenters. The number of likely N-dealkylation sites (tertiary alicyclic amines) is 1. The predicted octanol–water partition coefficient (Wildman–Crippen LogP) is 0.504. The smallest absolute Gasteiger partial charge is 0.248 e. The first-order valence-corrected chi connectivity index (χ1v) is 7.12. The van der Waals surface area contributed by atoms with Crippen LogP contribution in [0.15, 0.2) is 24.3 Å². The van der Waals surface area contributed by atoms with Gasteiger partial charge in [0.1, 0.15) is 5.75 Å². The zero-order valence-electron chi connectivity index (χ0n) is 12.0. The molecule has 1 aromatic carbocycles. The molecule has 4 N–H and O–H groups in total. The van der Waals surface area contributed by atoms with Crippen LogP contribution in [0.1, 0.15) is 29.6 Å². The molecule has 0 spiro atoms. The summed E-state index contributed by atoms with van der Waals surface area (Å²) in [5, 5.41) is 0. The molecule has 0 aliphatic carbocycles. The third kappa shape index (κ3) is 4.46. The summed E-state index contributed by atoms with van der Waals surface area (Å²) in [7, 11) is 0. The van der Waals surface area contributed by atoms with Crippen molar-refractivity contribution in [3.8, 4) is 5.75 Å². The number of piperidine rings is 1. The molecule has 0 radical (unpaired) electrons. The molecule has 114 valence electrons. The molecule has 2 rings (SSSR count). The van der Waals surface area contributed by atoms with Gasteiger partial charge < -0.3 is 21.1 Å². The summed E-state index contributed by atoms with van der Waals surface area (Å²) in [4.78, 5) is 24.9. The molecule has 0 bridgehead atoms. The van der Waals surface area contributed by atoms with Crippen LogP contribution in [0.2, 0.25) is 0 Å². The molecule has 2 amide bonds. The first kappa shape index (κ1) is 15.3. The van der Waals surface area contributed by atoms with Gasteiger partial charge in [0.25, 0.3) is 0 Å². The van der Waals surface area contributed by atoms with E-state index in [1.54, 1.807) is 29.2 Å². The summed E-state index contributed by atoms with van der Waals surface area (Å²) >= 11 is 0. The monoisotopic (exact) mass is 291 g/mol. The van der Waals surface area contributed by atoms with Crippen LogP contribution in [0.4, 0.5) is 0 Å². The fraction of sp³-hybridized carbons (Fsp3) is 0.467. The van der Waals surface area contributed by atoms with Gasteiger partial charge >= 0.3 is 0 Å². The molecule has 1 aliphatic heterocycles. The van der Waals surface area contributed by atoms with Gasteiger partial charge in [-0.3, -0.25) is 9.59 Å². The van der Waals surface area contributed by atoms with Crippen molar-refractivity contribution in [3.05, 3.63) is 29.8 Å². The third-order valence-corrected chi connectivity index (χ3v) is 3.51. The first-order valence-electron chi connectivity index (χ1n) is 7.12. The number of hydrogen-bond acceptors (Lipinski definition) is 4. The minimum absolute atomic E-state index is 0.0520. The number of ether oxygens (including phenoxy) is 1. The van der Waals surface area contributed by atoms with Crippen LogP contribution in [-0.2, 0) is 4.79 Å². The maximum Gasteiger partial charge on any atom is 0.248 e. The second-order valence-electron chi connectivity index (χ2n) is 5.23. The molecule has 6 nitrogen and oxygen atoms in total. The summed E-state index contributed by atoms with van der Waals surface area (Å²) in [6.07, 6.45) is 2.22. The van der Waals surface area contributed by atoms with Gasteiger partial charge in [-0.25, -0.2) is 0 Å². The maximum absolute atomic E-state index is 12.0. The Bertz CT molecular complexity index is 519. The summed E-state index contributed by atoms with van der Waals surface area (Å²) in [5.41, 5.74) is 11.5. The van der Waals surface area contributed by atoms with Crippen LogP contribution >= 0.6 is 0 Å². The van der Waals surface area contributed by atoms with E-state index in [1.807, 2.05) is 0 Å². The summed E-state index contributed by atoms with van der Waals surface area (Å²) < 4.78 is 5.50. The molecule has 1 atom stereocenters. The molecule has 0 saturated carbocycles. The SMILES string of the molecule is NC(=O)c1cccc(OCCC(=O)N2CCCC(N)C2)c1. The van der Waals surface area contributed by atoms with E-state index in [4.69, 9.17) is 16.2 Å². The lowest BCUT2D eigenvalue weighted by Crippen LogP contribution is -2.46. The molecule has 21 heavy (non-hydrogen) atoms. The van der Waals surface area contributed by atoms with Crippen LogP contribution in [0.3, 0.4) is 0 Å². The van der Waals surface area contributed by atoms with Gasteiger partial charge in [0.15, 0.2) is 0 Å². The van der Waals surface area contributed by atoms with Gasteiger partial charge in [-0.15, -0.1) is 0 Å². The van der Waals surface area contributed by atoms with E-state index >= 15 is 0 Å². The maximum atomic E-state index is 12.0. The molecule has 6 heteroatoms. The summed E-state index contributed by atoms with van der Waals surface area (Å²) in [6, 6.07) is 6.70. The fourth-order valence-electron chi connectivity index (χ4n) is 2.39. The van der Waals surface area contributed by atoms with Crippen molar-refractivity contribution in [2.45, 2.75) is 25.3 Å². The van der Waals surface area contributed by atoms with Crippen LogP contribution in [-0.4, -0.2) is 42.5 Å². The Morgan fingerprint density at radius 2 is 2.19 bits per heavy atom. The third-order valence-electron chi connectivity index (χ3n) is 3.51. The van der Waals surface area contributed by atoms with Gasteiger partial charge in [0, 0.05) is 24.7 Å². The Labute approximate surface area is 124 Å². The number of primary amides is 1. The van der Waals surface area contributed by atoms with Crippen molar-refractivity contribution in [2.75, 3.05) is 19.7 Å². The van der Waals surface area contributed by atoms with Crippen molar-refractivity contribution < 1.29 is 14.3 Å². The summed E-state index contributed by atoms with van der Waals surface area (Å²) in [6.45, 7) is 1.66. The Hall–Kier alpha value is -2.08. The van der Waals surface area contributed by atoms with E-state index in [9.17, 15) is 9.59 Å². The lowest BCUT2D eigenvalue weighted by Gasteiger charge is -2.30. The molecule has 0 aromatic heterocycles. The number of hydrogen-bond donors (Lipinski definition) is 2. The van der Waals surface area contributed by atoms with E-state index in [2.05, 4.69) is 0 Å². The largest absolute Gasteiger partial charge is 0.493 e. The molecule has 1 heterocycles. The highest BCUT2D eigenvalue weighted by Gasteiger charge is 2.20. The highest BCUT2D eigenvalue weighted by molar-refractivity contribution is 5.93. The molecule has 1 saturated heterocycles. The Balaban J connectivity index is 1.79. The zero-order valence-corrected chi connectivity index (χ0v) is 12.0. The Morgan fingerprint density at radius 3 is 2.90 bits per heavy atom. The first-order chi connectivity index (χ1) is 10.1. The molecule has 1 aliphatic rings. The number of carbonyl (C=O) groups excluding carboxylic acids is 2. The van der Waals surface area contributed by atoms with E-state index in [0.717, 1.165) is 19.4 Å². The standard InChI is InChI=1S/C15H21N3O3/c16-12-4-2-7-18(10-12)14(19)6-8-21-13-5-1-3-11(9-13)15(17)20/h1,3,5,9,12H,2,4,6-8,10,16H2,(H2,17,20). The van der Waals surface area contributed by atoms with Gasteiger partial charge in [0.2, 0.25) is 11.8 Å². The average molecular weight is 291 g/mol. The van der Waals surface area contributed by atoms with E-state index < -0.39 is 5.91 Å². The zero-order chi connectivity index (χ0) is 15.2. The van der Waals surface area contributed by atoms with Gasteiger partial charge in [0.05, 0.1) is 13.0 Å². The van der Waals surface area contributed by atoms with Crippen molar-refractivity contribution >= 4 is 11.8 Å². The van der Waals surface area contributed by atoms with Crippen LogP contribution in [0, 0.1) is 0 Å². The van der Waals surface area contributed by atoms with E-state index in [0.29, 0.717) is 24.3 Å². The number of nitrogens with zero attached hydrogens (tertiary/aromatic N) is 1. The van der Waals surface area contributed by atoms with Crippen LogP contribution < -0.4 is 16.2 Å². The Kier molecular flexibility index (Phi) is 5.16. The highest BCUT2D eigenvalue weighted by atomic mass is 16.5. The molecular formula is C15H21N3O3. The van der Waals surface area contributed by atoms with Gasteiger partial charge in [-0.05, 0) is 31.0 Å². The van der Waals surface area contributed by atoms with Crippen molar-refractivity contribution in [2.24, 2.45) is 11.5 Å². The van der Waals surface area contributed by atoms with Crippen molar-refractivity contribution in [3.63, 3.8) is 0 Å². The topological polar surface area (TPSA) is 98.7 Å². The van der Waals surface area contributed by atoms with Crippen molar-refractivity contribution in [1.82, 2.24) is 4.90 Å². The Morgan fingerprint density at radius 1 is 1.38 bits per heavy atom. The second-order valence-corrected chi connectivity index (χ2v) is 5.23. The summed E-state index contributed by atoms with van der Waals surface area (Å²) in [5.74, 6) is 0.0875. The van der Waals surface area contributed by atoms with Crippen LogP contribution in [0.5, 0.6) is 5.75 Å². The predicted molar refractivity (Wildman–Crippen MR) is 78.9 cm³/mol. The number of benzene rings is 1. The van der Waals surface area contributed by atoms with Crippen LogP contribution in [0.25, 0.3) is 0 Å². The van der Waals surface area contributed by atoms with Gasteiger partial charge in [-0.1, -0.05) is 6.07 Å². The minimum atomic E-state index is -0.501. The van der Waals surface area contributed by atoms with Gasteiger partial charge in [-0.2, -0.15) is 0 Å².